The van der Waals surface area contributed by atoms with Crippen LogP contribution in [0.25, 0.3) is 0 Å². The van der Waals surface area contributed by atoms with Crippen LogP contribution in [0.2, 0.25) is 0 Å². The molecule has 2 aromatic carbocycles. The van der Waals surface area contributed by atoms with Crippen molar-refractivity contribution >= 4 is 15.9 Å². The van der Waals surface area contributed by atoms with E-state index in [0.717, 1.165) is 16.0 Å². The van der Waals surface area contributed by atoms with Gasteiger partial charge in [0.25, 0.3) is 0 Å². The van der Waals surface area contributed by atoms with E-state index in [1.54, 1.807) is 0 Å². The summed E-state index contributed by atoms with van der Waals surface area (Å²) in [7, 11) is 0. The molecule has 0 aromatic heterocycles. The average molecular weight is 374 g/mol. The van der Waals surface area contributed by atoms with Crippen molar-refractivity contribution in [3.8, 4) is 11.5 Å². The normalized spacial score (nSPS) is 16.4. The van der Waals surface area contributed by atoms with Crippen molar-refractivity contribution in [2.75, 3.05) is 19.6 Å². The molecule has 0 saturated carbocycles. The van der Waals surface area contributed by atoms with Crippen LogP contribution in [-0.2, 0) is 0 Å². The van der Waals surface area contributed by atoms with Crippen molar-refractivity contribution < 1.29 is 4.74 Å². The van der Waals surface area contributed by atoms with Gasteiger partial charge in [0.15, 0.2) is 0 Å². The van der Waals surface area contributed by atoms with Crippen molar-refractivity contribution in [3.63, 3.8) is 0 Å². The third-order valence-electron chi connectivity index (χ3n) is 4.58. The van der Waals surface area contributed by atoms with Crippen molar-refractivity contribution in [2.45, 2.75) is 32.1 Å². The third-order valence-corrected chi connectivity index (χ3v) is 5.10. The number of ether oxygens (including phenoxy) is 1. The standard InChI is InChI=1S/C20H24BrNO/c1-16(12-15-22-13-2-3-14-22)17-4-8-19(9-5-17)23-20-10-6-18(21)7-11-20/h4-11,16H,2-3,12-15H2,1H3. The Morgan fingerprint density at radius 1 is 0.957 bits per heavy atom. The van der Waals surface area contributed by atoms with E-state index >= 15 is 0 Å². The first kappa shape index (κ1) is 16.5. The van der Waals surface area contributed by atoms with Crippen molar-refractivity contribution in [3.05, 3.63) is 58.6 Å². The van der Waals surface area contributed by atoms with Gasteiger partial charge in [0.05, 0.1) is 0 Å². The quantitative estimate of drug-likeness (QED) is 0.631. The summed E-state index contributed by atoms with van der Waals surface area (Å²) < 4.78 is 6.94. The summed E-state index contributed by atoms with van der Waals surface area (Å²) in [5, 5.41) is 0. The highest BCUT2D eigenvalue weighted by Crippen LogP contribution is 2.26. The lowest BCUT2D eigenvalue weighted by atomic mass is 9.97. The Bertz CT molecular complexity index is 603. The predicted molar refractivity (Wildman–Crippen MR) is 99.4 cm³/mol. The maximum Gasteiger partial charge on any atom is 0.127 e. The van der Waals surface area contributed by atoms with Gasteiger partial charge < -0.3 is 9.64 Å². The number of rotatable bonds is 6. The van der Waals surface area contributed by atoms with Gasteiger partial charge in [-0.25, -0.2) is 0 Å². The summed E-state index contributed by atoms with van der Waals surface area (Å²) >= 11 is 3.44. The smallest absolute Gasteiger partial charge is 0.127 e. The van der Waals surface area contributed by atoms with Crippen LogP contribution >= 0.6 is 15.9 Å². The van der Waals surface area contributed by atoms with Gasteiger partial charge in [0.2, 0.25) is 0 Å². The second-order valence-corrected chi connectivity index (χ2v) is 7.28. The Labute approximate surface area is 147 Å². The molecule has 1 heterocycles. The zero-order valence-corrected chi connectivity index (χ0v) is 15.3. The van der Waals surface area contributed by atoms with Gasteiger partial charge in [-0.1, -0.05) is 35.0 Å². The van der Waals surface area contributed by atoms with Crippen molar-refractivity contribution in [2.24, 2.45) is 0 Å². The molecule has 1 saturated heterocycles. The minimum Gasteiger partial charge on any atom is -0.457 e. The topological polar surface area (TPSA) is 12.5 Å². The Kier molecular flexibility index (Phi) is 5.74. The zero-order chi connectivity index (χ0) is 16.1. The highest BCUT2D eigenvalue weighted by molar-refractivity contribution is 9.10. The molecule has 0 bridgehead atoms. The Hall–Kier alpha value is -1.32. The first-order chi connectivity index (χ1) is 11.2. The summed E-state index contributed by atoms with van der Waals surface area (Å²) in [6.45, 7) is 6.11. The molecular weight excluding hydrogens is 350 g/mol. The SMILES string of the molecule is CC(CCN1CCCC1)c1ccc(Oc2ccc(Br)cc2)cc1. The first-order valence-electron chi connectivity index (χ1n) is 8.46. The number of nitrogens with zero attached hydrogens (tertiary/aromatic N) is 1. The highest BCUT2D eigenvalue weighted by Gasteiger charge is 2.13. The molecular formula is C20H24BrNO. The lowest BCUT2D eigenvalue weighted by Crippen LogP contribution is -2.21. The van der Waals surface area contributed by atoms with E-state index in [1.807, 2.05) is 24.3 Å². The lowest BCUT2D eigenvalue weighted by Gasteiger charge is -2.18. The zero-order valence-electron chi connectivity index (χ0n) is 13.7. The van der Waals surface area contributed by atoms with Crippen molar-refractivity contribution in [1.82, 2.24) is 4.90 Å². The number of likely N-dealkylation sites (tertiary alicyclic amines) is 1. The Morgan fingerprint density at radius 2 is 1.52 bits per heavy atom. The van der Waals surface area contributed by atoms with Gasteiger partial charge in [0.1, 0.15) is 11.5 Å². The average Bonchev–Trinajstić information content (AvgIpc) is 3.09. The Balaban J connectivity index is 1.54. The third kappa shape index (κ3) is 4.82. The molecule has 1 fully saturated rings. The van der Waals surface area contributed by atoms with E-state index < -0.39 is 0 Å². The van der Waals surface area contributed by atoms with Crippen LogP contribution in [0.3, 0.4) is 0 Å². The molecule has 1 atom stereocenters. The highest BCUT2D eigenvalue weighted by atomic mass is 79.9. The van der Waals surface area contributed by atoms with Crippen LogP contribution in [-0.4, -0.2) is 24.5 Å². The van der Waals surface area contributed by atoms with Gasteiger partial charge in [0, 0.05) is 4.47 Å². The fourth-order valence-electron chi connectivity index (χ4n) is 3.05. The molecule has 1 aliphatic rings. The summed E-state index contributed by atoms with van der Waals surface area (Å²) in [6, 6.07) is 16.5. The van der Waals surface area contributed by atoms with Gasteiger partial charge in [-0.2, -0.15) is 0 Å². The maximum absolute atomic E-state index is 5.88. The van der Waals surface area contributed by atoms with Gasteiger partial charge in [-0.15, -0.1) is 0 Å². The maximum atomic E-state index is 5.88. The second-order valence-electron chi connectivity index (χ2n) is 6.36. The lowest BCUT2D eigenvalue weighted by molar-refractivity contribution is 0.324. The second kappa shape index (κ2) is 7.98. The molecule has 1 aliphatic heterocycles. The molecule has 3 heteroatoms. The van der Waals surface area contributed by atoms with Gasteiger partial charge in [-0.05, 0) is 86.8 Å². The van der Waals surface area contributed by atoms with Crippen LogP contribution in [0.5, 0.6) is 11.5 Å². The van der Waals surface area contributed by atoms with E-state index in [2.05, 4.69) is 52.0 Å². The number of halogens is 1. The van der Waals surface area contributed by atoms with Gasteiger partial charge >= 0.3 is 0 Å². The molecule has 122 valence electrons. The Morgan fingerprint density at radius 3 is 2.13 bits per heavy atom. The molecule has 2 aromatic rings. The molecule has 0 aliphatic carbocycles. The predicted octanol–water partition coefficient (Wildman–Crippen LogP) is 5.83. The van der Waals surface area contributed by atoms with Crippen LogP contribution in [0.1, 0.15) is 37.7 Å². The number of benzene rings is 2. The van der Waals surface area contributed by atoms with E-state index in [1.165, 1.54) is 44.5 Å². The molecule has 0 radical (unpaired) electrons. The van der Waals surface area contributed by atoms with E-state index in [4.69, 9.17) is 4.74 Å². The number of hydrogen-bond donors (Lipinski definition) is 0. The van der Waals surface area contributed by atoms with Crippen LogP contribution in [0.15, 0.2) is 53.0 Å². The monoisotopic (exact) mass is 373 g/mol. The van der Waals surface area contributed by atoms with E-state index in [0.29, 0.717) is 5.92 Å². The number of hydrogen-bond acceptors (Lipinski definition) is 2. The molecule has 0 N–H and O–H groups in total. The molecule has 1 unspecified atom stereocenters. The molecule has 0 spiro atoms. The van der Waals surface area contributed by atoms with Crippen molar-refractivity contribution in [1.29, 1.82) is 0 Å². The molecule has 2 nitrogen and oxygen atoms in total. The summed E-state index contributed by atoms with van der Waals surface area (Å²) in [5.41, 5.74) is 1.40. The van der Waals surface area contributed by atoms with Crippen LogP contribution < -0.4 is 4.74 Å². The summed E-state index contributed by atoms with van der Waals surface area (Å²) in [6.07, 6.45) is 3.97. The minimum atomic E-state index is 0.595. The minimum absolute atomic E-state index is 0.595. The molecule has 23 heavy (non-hydrogen) atoms. The van der Waals surface area contributed by atoms with Gasteiger partial charge in [-0.3, -0.25) is 0 Å². The molecule has 3 rings (SSSR count). The summed E-state index contributed by atoms with van der Waals surface area (Å²) in [5.74, 6) is 2.35. The molecule has 0 amide bonds. The van der Waals surface area contributed by atoms with E-state index in [9.17, 15) is 0 Å². The fraction of sp³-hybridized carbons (Fsp3) is 0.400. The largest absolute Gasteiger partial charge is 0.457 e. The first-order valence-corrected chi connectivity index (χ1v) is 9.26. The van der Waals surface area contributed by atoms with Crippen LogP contribution in [0.4, 0.5) is 0 Å². The summed E-state index contributed by atoms with van der Waals surface area (Å²) in [4.78, 5) is 2.58. The van der Waals surface area contributed by atoms with E-state index in [-0.39, 0.29) is 0 Å². The fourth-order valence-corrected chi connectivity index (χ4v) is 3.32. The van der Waals surface area contributed by atoms with Crippen LogP contribution in [0, 0.1) is 0 Å².